The van der Waals surface area contributed by atoms with Crippen molar-refractivity contribution in [2.24, 2.45) is 0 Å². The Balaban J connectivity index is 2.38. The molecule has 2 amide bonds. The van der Waals surface area contributed by atoms with Crippen molar-refractivity contribution in [2.45, 2.75) is 38.8 Å². The van der Waals surface area contributed by atoms with Gasteiger partial charge in [0.2, 0.25) is 11.8 Å². The number of amides is 2. The van der Waals surface area contributed by atoms with E-state index < -0.39 is 12.1 Å². The monoisotopic (exact) mass is 280 g/mol. The molecule has 0 aliphatic carbocycles. The first kappa shape index (κ1) is 13.9. The number of hydrogen-bond donors (Lipinski definition) is 1. The summed E-state index contributed by atoms with van der Waals surface area (Å²) >= 11 is 6.14. The van der Waals surface area contributed by atoms with Crippen LogP contribution < -0.4 is 10.2 Å². The Morgan fingerprint density at radius 1 is 1.32 bits per heavy atom. The van der Waals surface area contributed by atoms with E-state index in [2.05, 4.69) is 5.32 Å². The summed E-state index contributed by atoms with van der Waals surface area (Å²) in [6.45, 7) is 3.69. The number of halogens is 1. The average molecular weight is 281 g/mol. The van der Waals surface area contributed by atoms with Crippen LogP contribution in [-0.4, -0.2) is 23.9 Å². The predicted molar refractivity (Wildman–Crippen MR) is 75.2 cm³/mol. The molecule has 1 aromatic carbocycles. The first-order valence-corrected chi connectivity index (χ1v) is 6.82. The predicted octanol–water partition coefficient (Wildman–Crippen LogP) is 2.36. The molecule has 1 aliphatic rings. The summed E-state index contributed by atoms with van der Waals surface area (Å²) in [7, 11) is 0. The lowest BCUT2D eigenvalue weighted by molar-refractivity contribution is -0.133. The third-order valence-corrected chi connectivity index (χ3v) is 3.63. The third kappa shape index (κ3) is 2.59. The molecule has 1 aromatic rings. The Kier molecular flexibility index (Phi) is 4.10. The molecule has 0 spiro atoms. The molecule has 1 fully saturated rings. The highest BCUT2D eigenvalue weighted by molar-refractivity contribution is 6.34. The van der Waals surface area contributed by atoms with Crippen LogP contribution in [0.1, 0.15) is 26.7 Å². The van der Waals surface area contributed by atoms with Crippen LogP contribution in [0.25, 0.3) is 0 Å². The molecule has 19 heavy (non-hydrogen) atoms. The zero-order valence-corrected chi connectivity index (χ0v) is 11.8. The van der Waals surface area contributed by atoms with Gasteiger partial charge in [-0.15, -0.1) is 0 Å². The highest BCUT2D eigenvalue weighted by atomic mass is 35.5. The molecule has 102 valence electrons. The summed E-state index contributed by atoms with van der Waals surface area (Å²) in [4.78, 5) is 25.9. The summed E-state index contributed by atoms with van der Waals surface area (Å²) in [6, 6.07) is 6.10. The second kappa shape index (κ2) is 5.61. The van der Waals surface area contributed by atoms with E-state index in [0.717, 1.165) is 6.42 Å². The van der Waals surface area contributed by atoms with Crippen molar-refractivity contribution in [2.75, 3.05) is 4.90 Å². The number of carbonyl (C=O) groups is 2. The van der Waals surface area contributed by atoms with Crippen LogP contribution in [0.3, 0.4) is 0 Å². The van der Waals surface area contributed by atoms with Gasteiger partial charge in [0.05, 0.1) is 10.7 Å². The Bertz CT molecular complexity index is 504. The summed E-state index contributed by atoms with van der Waals surface area (Å²) in [5.74, 6) is -0.236. The van der Waals surface area contributed by atoms with Crippen molar-refractivity contribution in [1.29, 1.82) is 0 Å². The Morgan fingerprint density at radius 2 is 2.00 bits per heavy atom. The second-order valence-electron chi connectivity index (χ2n) is 4.69. The van der Waals surface area contributed by atoms with Gasteiger partial charge in [-0.3, -0.25) is 14.5 Å². The summed E-state index contributed by atoms with van der Waals surface area (Å²) in [5.41, 5.74) is 0.595. The molecule has 0 bridgehead atoms. The SMILES string of the molecule is CCCC1NC(=O)C(C)N(c2ccccc2Cl)C1=O. The number of anilines is 1. The van der Waals surface area contributed by atoms with Crippen LogP contribution in [0.5, 0.6) is 0 Å². The molecule has 1 aliphatic heterocycles. The van der Waals surface area contributed by atoms with E-state index in [1.54, 1.807) is 25.1 Å². The lowest BCUT2D eigenvalue weighted by Gasteiger charge is -2.37. The van der Waals surface area contributed by atoms with Gasteiger partial charge in [-0.2, -0.15) is 0 Å². The molecule has 2 unspecified atom stereocenters. The number of rotatable bonds is 3. The molecule has 1 saturated heterocycles. The number of piperazine rings is 1. The van der Waals surface area contributed by atoms with Gasteiger partial charge in [-0.05, 0) is 25.5 Å². The van der Waals surface area contributed by atoms with Crippen molar-refractivity contribution in [3.8, 4) is 0 Å². The smallest absolute Gasteiger partial charge is 0.250 e. The van der Waals surface area contributed by atoms with E-state index in [9.17, 15) is 9.59 Å². The van der Waals surface area contributed by atoms with E-state index in [1.165, 1.54) is 4.90 Å². The van der Waals surface area contributed by atoms with E-state index in [0.29, 0.717) is 17.1 Å². The van der Waals surface area contributed by atoms with Gasteiger partial charge in [-0.1, -0.05) is 37.1 Å². The summed E-state index contributed by atoms with van der Waals surface area (Å²) in [6.07, 6.45) is 1.47. The number of benzene rings is 1. The second-order valence-corrected chi connectivity index (χ2v) is 5.09. The Hall–Kier alpha value is -1.55. The van der Waals surface area contributed by atoms with Gasteiger partial charge >= 0.3 is 0 Å². The largest absolute Gasteiger partial charge is 0.342 e. The molecular weight excluding hydrogens is 264 g/mol. The number of hydrogen-bond acceptors (Lipinski definition) is 2. The van der Waals surface area contributed by atoms with Gasteiger partial charge in [0, 0.05) is 0 Å². The van der Waals surface area contributed by atoms with Crippen molar-refractivity contribution >= 4 is 29.1 Å². The number of nitrogens with zero attached hydrogens (tertiary/aromatic N) is 1. The van der Waals surface area contributed by atoms with Crippen molar-refractivity contribution in [1.82, 2.24) is 5.32 Å². The van der Waals surface area contributed by atoms with Crippen LogP contribution in [0.2, 0.25) is 5.02 Å². The highest BCUT2D eigenvalue weighted by Gasteiger charge is 2.38. The number of carbonyl (C=O) groups excluding carboxylic acids is 2. The van der Waals surface area contributed by atoms with Crippen LogP contribution >= 0.6 is 11.6 Å². The maximum Gasteiger partial charge on any atom is 0.250 e. The third-order valence-electron chi connectivity index (χ3n) is 3.31. The number of nitrogens with one attached hydrogen (secondary N) is 1. The van der Waals surface area contributed by atoms with E-state index >= 15 is 0 Å². The Morgan fingerprint density at radius 3 is 2.63 bits per heavy atom. The van der Waals surface area contributed by atoms with E-state index in [-0.39, 0.29) is 11.8 Å². The van der Waals surface area contributed by atoms with Crippen molar-refractivity contribution in [3.63, 3.8) is 0 Å². The molecule has 1 heterocycles. The standard InChI is InChI=1S/C14H17ClN2O2/c1-3-6-11-14(19)17(9(2)13(18)16-11)12-8-5-4-7-10(12)15/h4-5,7-9,11H,3,6H2,1-2H3,(H,16,18). The molecule has 0 aromatic heterocycles. The zero-order chi connectivity index (χ0) is 14.0. The van der Waals surface area contributed by atoms with Gasteiger partial charge in [0.25, 0.3) is 0 Å². The quantitative estimate of drug-likeness (QED) is 0.924. The van der Waals surface area contributed by atoms with Crippen LogP contribution in [0.4, 0.5) is 5.69 Å². The van der Waals surface area contributed by atoms with Gasteiger partial charge < -0.3 is 5.32 Å². The average Bonchev–Trinajstić information content (AvgIpc) is 2.38. The van der Waals surface area contributed by atoms with Crippen molar-refractivity contribution < 1.29 is 9.59 Å². The minimum Gasteiger partial charge on any atom is -0.342 e. The first-order chi connectivity index (χ1) is 9.06. The van der Waals surface area contributed by atoms with Crippen LogP contribution in [0.15, 0.2) is 24.3 Å². The lowest BCUT2D eigenvalue weighted by atomic mass is 10.0. The molecule has 1 N–H and O–H groups in total. The number of para-hydroxylation sites is 1. The summed E-state index contributed by atoms with van der Waals surface area (Å²) in [5, 5.41) is 3.24. The van der Waals surface area contributed by atoms with E-state index in [1.807, 2.05) is 13.0 Å². The van der Waals surface area contributed by atoms with E-state index in [4.69, 9.17) is 11.6 Å². The minimum atomic E-state index is -0.541. The molecule has 0 radical (unpaired) electrons. The normalized spacial score (nSPS) is 23.4. The fourth-order valence-corrected chi connectivity index (χ4v) is 2.52. The highest BCUT2D eigenvalue weighted by Crippen LogP contribution is 2.29. The van der Waals surface area contributed by atoms with Gasteiger partial charge in [0.1, 0.15) is 12.1 Å². The fraction of sp³-hybridized carbons (Fsp3) is 0.429. The lowest BCUT2D eigenvalue weighted by Crippen LogP contribution is -2.62. The van der Waals surface area contributed by atoms with Gasteiger partial charge in [-0.25, -0.2) is 0 Å². The maximum absolute atomic E-state index is 12.5. The molecule has 0 saturated carbocycles. The van der Waals surface area contributed by atoms with Gasteiger partial charge in [0.15, 0.2) is 0 Å². The van der Waals surface area contributed by atoms with Crippen molar-refractivity contribution in [3.05, 3.63) is 29.3 Å². The molecule has 5 heteroatoms. The molecular formula is C14H17ClN2O2. The first-order valence-electron chi connectivity index (χ1n) is 6.44. The topological polar surface area (TPSA) is 49.4 Å². The molecule has 2 atom stereocenters. The molecule has 2 rings (SSSR count). The summed E-state index contributed by atoms with van der Waals surface area (Å²) < 4.78 is 0. The fourth-order valence-electron chi connectivity index (χ4n) is 2.29. The Labute approximate surface area is 117 Å². The maximum atomic E-state index is 12.5. The zero-order valence-electron chi connectivity index (χ0n) is 11.0. The van der Waals surface area contributed by atoms with Crippen LogP contribution in [-0.2, 0) is 9.59 Å². The minimum absolute atomic E-state index is 0.0953. The molecule has 4 nitrogen and oxygen atoms in total. The van der Waals surface area contributed by atoms with Crippen LogP contribution in [0, 0.1) is 0 Å².